The molecule has 1 N–H and O–H groups in total. The Bertz CT molecular complexity index is 320. The van der Waals surface area contributed by atoms with Crippen LogP contribution in [0.1, 0.15) is 44.7 Å². The highest BCUT2D eigenvalue weighted by Gasteiger charge is 2.19. The molecular formula is C13H21N3. The molecule has 1 fully saturated rings. The minimum Gasteiger partial charge on any atom is -0.366 e. The molecule has 1 saturated carbocycles. The van der Waals surface area contributed by atoms with Crippen LogP contribution in [0.4, 0.5) is 5.82 Å². The van der Waals surface area contributed by atoms with Crippen molar-refractivity contribution in [3.8, 4) is 0 Å². The minimum absolute atomic E-state index is 0.569. The van der Waals surface area contributed by atoms with Crippen LogP contribution in [0, 0.1) is 12.8 Å². The van der Waals surface area contributed by atoms with Gasteiger partial charge in [-0.2, -0.15) is 5.10 Å². The maximum atomic E-state index is 4.18. The van der Waals surface area contributed by atoms with E-state index in [2.05, 4.69) is 22.4 Å². The molecule has 0 aromatic carbocycles. The van der Waals surface area contributed by atoms with Gasteiger partial charge in [0.2, 0.25) is 0 Å². The molecule has 2 rings (SSSR count). The Morgan fingerprint density at radius 3 is 2.69 bits per heavy atom. The van der Waals surface area contributed by atoms with Crippen LogP contribution < -0.4 is 5.32 Å². The highest BCUT2D eigenvalue weighted by molar-refractivity contribution is 5.34. The number of nitrogens with one attached hydrogen (secondary N) is 1. The zero-order valence-corrected chi connectivity index (χ0v) is 10.2. The van der Waals surface area contributed by atoms with Gasteiger partial charge in [-0.3, -0.25) is 0 Å². The predicted octanol–water partition coefficient (Wildman–Crippen LogP) is 3.17. The summed E-state index contributed by atoms with van der Waals surface area (Å²) in [5.74, 6) is 1.66. The molecule has 88 valence electrons. The number of hydrogen-bond acceptors (Lipinski definition) is 3. The molecular weight excluding hydrogens is 198 g/mol. The first kappa shape index (κ1) is 11.4. The zero-order valence-electron chi connectivity index (χ0n) is 10.2. The van der Waals surface area contributed by atoms with Crippen molar-refractivity contribution < 1.29 is 0 Å². The molecule has 1 heterocycles. The van der Waals surface area contributed by atoms with Gasteiger partial charge in [0.05, 0.1) is 5.69 Å². The van der Waals surface area contributed by atoms with Gasteiger partial charge in [0.25, 0.3) is 0 Å². The second kappa shape index (κ2) is 5.28. The van der Waals surface area contributed by atoms with Crippen LogP contribution in [0.25, 0.3) is 0 Å². The fourth-order valence-corrected chi connectivity index (χ4v) is 2.37. The van der Waals surface area contributed by atoms with Crippen molar-refractivity contribution in [2.24, 2.45) is 5.92 Å². The highest BCUT2D eigenvalue weighted by Crippen LogP contribution is 2.25. The molecule has 2 unspecified atom stereocenters. The summed E-state index contributed by atoms with van der Waals surface area (Å²) >= 11 is 0. The van der Waals surface area contributed by atoms with Gasteiger partial charge in [-0.25, -0.2) is 0 Å². The van der Waals surface area contributed by atoms with Crippen LogP contribution in [-0.4, -0.2) is 16.2 Å². The lowest BCUT2D eigenvalue weighted by molar-refractivity contribution is 0.455. The van der Waals surface area contributed by atoms with E-state index in [0.29, 0.717) is 6.04 Å². The maximum absolute atomic E-state index is 4.18. The van der Waals surface area contributed by atoms with Crippen LogP contribution in [0.15, 0.2) is 12.1 Å². The first-order valence-corrected chi connectivity index (χ1v) is 6.32. The molecule has 16 heavy (non-hydrogen) atoms. The molecule has 0 radical (unpaired) electrons. The number of aromatic nitrogens is 2. The lowest BCUT2D eigenvalue weighted by atomic mass is 9.97. The molecule has 2 atom stereocenters. The summed E-state index contributed by atoms with van der Waals surface area (Å²) in [7, 11) is 0. The van der Waals surface area contributed by atoms with Crippen LogP contribution in [-0.2, 0) is 0 Å². The van der Waals surface area contributed by atoms with Crippen molar-refractivity contribution in [3.63, 3.8) is 0 Å². The second-order valence-electron chi connectivity index (χ2n) is 4.93. The van der Waals surface area contributed by atoms with Crippen molar-refractivity contribution in [1.29, 1.82) is 0 Å². The van der Waals surface area contributed by atoms with Gasteiger partial charge in [-0.1, -0.05) is 26.2 Å². The average Bonchev–Trinajstić information content (AvgIpc) is 2.48. The Balaban J connectivity index is 1.99. The van der Waals surface area contributed by atoms with Gasteiger partial charge in [0, 0.05) is 6.04 Å². The van der Waals surface area contributed by atoms with Crippen LogP contribution in [0.5, 0.6) is 0 Å². The topological polar surface area (TPSA) is 37.8 Å². The monoisotopic (exact) mass is 219 g/mol. The van der Waals surface area contributed by atoms with Crippen molar-refractivity contribution in [2.45, 2.75) is 52.0 Å². The highest BCUT2D eigenvalue weighted by atomic mass is 15.2. The first-order chi connectivity index (χ1) is 7.75. The molecule has 1 aliphatic rings. The number of nitrogens with zero attached hydrogens (tertiary/aromatic N) is 2. The summed E-state index contributed by atoms with van der Waals surface area (Å²) in [6, 6.07) is 4.61. The lowest BCUT2D eigenvalue weighted by Gasteiger charge is -2.23. The molecule has 0 amide bonds. The first-order valence-electron chi connectivity index (χ1n) is 6.32. The van der Waals surface area contributed by atoms with Crippen molar-refractivity contribution in [1.82, 2.24) is 10.2 Å². The van der Waals surface area contributed by atoms with Gasteiger partial charge in [0.15, 0.2) is 0 Å². The summed E-state index contributed by atoms with van der Waals surface area (Å²) in [6.45, 7) is 4.30. The van der Waals surface area contributed by atoms with E-state index < -0.39 is 0 Å². The molecule has 3 heteroatoms. The molecule has 0 bridgehead atoms. The van der Waals surface area contributed by atoms with E-state index in [1.54, 1.807) is 0 Å². The van der Waals surface area contributed by atoms with E-state index in [0.717, 1.165) is 17.4 Å². The molecule has 1 aromatic heterocycles. The number of rotatable bonds is 2. The number of anilines is 1. The van der Waals surface area contributed by atoms with Crippen molar-refractivity contribution >= 4 is 5.82 Å². The zero-order chi connectivity index (χ0) is 11.4. The van der Waals surface area contributed by atoms with Gasteiger partial charge in [-0.05, 0) is 37.8 Å². The lowest BCUT2D eigenvalue weighted by Crippen LogP contribution is -2.26. The van der Waals surface area contributed by atoms with Gasteiger partial charge < -0.3 is 5.32 Å². The number of hydrogen-bond donors (Lipinski definition) is 1. The molecule has 0 aliphatic heterocycles. The molecule has 3 nitrogen and oxygen atoms in total. The van der Waals surface area contributed by atoms with E-state index >= 15 is 0 Å². The quantitative estimate of drug-likeness (QED) is 0.776. The summed E-state index contributed by atoms with van der Waals surface area (Å²) in [5.41, 5.74) is 0.972. The summed E-state index contributed by atoms with van der Waals surface area (Å²) < 4.78 is 0. The standard InChI is InChI=1S/C13H21N3/c1-10-6-4-3-5-7-12(10)14-13-9-8-11(2)15-16-13/h8-10,12H,3-7H2,1-2H3,(H,14,16). The largest absolute Gasteiger partial charge is 0.366 e. The van der Waals surface area contributed by atoms with Gasteiger partial charge in [0.1, 0.15) is 5.82 Å². The summed E-state index contributed by atoms with van der Waals surface area (Å²) in [5, 5.41) is 11.8. The van der Waals surface area contributed by atoms with Crippen LogP contribution >= 0.6 is 0 Å². The third kappa shape index (κ3) is 2.94. The van der Waals surface area contributed by atoms with E-state index in [-0.39, 0.29) is 0 Å². The Kier molecular flexibility index (Phi) is 3.75. The van der Waals surface area contributed by atoms with Crippen LogP contribution in [0.2, 0.25) is 0 Å². The van der Waals surface area contributed by atoms with E-state index in [9.17, 15) is 0 Å². The third-order valence-electron chi connectivity index (χ3n) is 3.49. The Morgan fingerprint density at radius 1 is 1.12 bits per heavy atom. The Labute approximate surface area is 97.7 Å². The molecule has 1 aliphatic carbocycles. The fourth-order valence-electron chi connectivity index (χ4n) is 2.37. The predicted molar refractivity (Wildman–Crippen MR) is 66.4 cm³/mol. The van der Waals surface area contributed by atoms with Crippen molar-refractivity contribution in [3.05, 3.63) is 17.8 Å². The normalized spacial score (nSPS) is 26.1. The molecule has 0 saturated heterocycles. The summed E-state index contributed by atoms with van der Waals surface area (Å²) in [4.78, 5) is 0. The molecule has 1 aromatic rings. The Morgan fingerprint density at radius 2 is 1.94 bits per heavy atom. The Hall–Kier alpha value is -1.12. The third-order valence-corrected chi connectivity index (χ3v) is 3.49. The van der Waals surface area contributed by atoms with Crippen molar-refractivity contribution in [2.75, 3.05) is 5.32 Å². The maximum Gasteiger partial charge on any atom is 0.148 e. The SMILES string of the molecule is Cc1ccc(NC2CCCCCC2C)nn1. The fraction of sp³-hybridized carbons (Fsp3) is 0.692. The number of aryl methyl sites for hydroxylation is 1. The smallest absolute Gasteiger partial charge is 0.148 e. The van der Waals surface area contributed by atoms with E-state index in [4.69, 9.17) is 0 Å². The molecule has 0 spiro atoms. The van der Waals surface area contributed by atoms with Crippen LogP contribution in [0.3, 0.4) is 0 Å². The summed E-state index contributed by atoms with van der Waals surface area (Å²) in [6.07, 6.45) is 6.68. The second-order valence-corrected chi connectivity index (χ2v) is 4.93. The average molecular weight is 219 g/mol. The minimum atomic E-state index is 0.569. The van der Waals surface area contributed by atoms with E-state index in [1.807, 2.05) is 19.1 Å². The van der Waals surface area contributed by atoms with Gasteiger partial charge >= 0.3 is 0 Å². The van der Waals surface area contributed by atoms with Gasteiger partial charge in [-0.15, -0.1) is 5.10 Å². The van der Waals surface area contributed by atoms with E-state index in [1.165, 1.54) is 32.1 Å².